The first-order valence-corrected chi connectivity index (χ1v) is 6.40. The average molecular weight is 246 g/mol. The molecule has 0 radical (unpaired) electrons. The molecule has 0 amide bonds. The summed E-state index contributed by atoms with van der Waals surface area (Å²) in [6, 6.07) is 8.27. The first-order valence-electron chi connectivity index (χ1n) is 6.40. The second kappa shape index (κ2) is 7.03. The maximum Gasteiger partial charge on any atom is 0.0684 e. The number of hydrogen-bond donors (Lipinski definition) is 1. The third kappa shape index (κ3) is 4.05. The van der Waals surface area contributed by atoms with Crippen LogP contribution in [0.3, 0.4) is 0 Å². The Balaban J connectivity index is 2.90. The zero-order valence-corrected chi connectivity index (χ0v) is 11.5. The molecule has 0 aliphatic heterocycles. The van der Waals surface area contributed by atoms with E-state index in [4.69, 9.17) is 5.26 Å². The van der Waals surface area contributed by atoms with E-state index in [1.165, 1.54) is 0 Å². The molecule has 3 nitrogen and oxygen atoms in total. The molecule has 0 unspecified atom stereocenters. The van der Waals surface area contributed by atoms with Crippen LogP contribution in [-0.4, -0.2) is 18.2 Å². The highest BCUT2D eigenvalue weighted by molar-refractivity contribution is 5.50. The lowest BCUT2D eigenvalue weighted by Crippen LogP contribution is -2.28. The van der Waals surface area contributed by atoms with Crippen molar-refractivity contribution in [1.82, 2.24) is 0 Å². The average Bonchev–Trinajstić information content (AvgIpc) is 2.34. The van der Waals surface area contributed by atoms with Crippen molar-refractivity contribution in [3.05, 3.63) is 29.3 Å². The summed E-state index contributed by atoms with van der Waals surface area (Å²) in [5.74, 6) is 0.557. The van der Waals surface area contributed by atoms with Gasteiger partial charge in [-0.2, -0.15) is 5.26 Å². The summed E-state index contributed by atoms with van der Waals surface area (Å²) in [5.41, 5.74) is 3.19. The van der Waals surface area contributed by atoms with Gasteiger partial charge in [0.15, 0.2) is 0 Å². The van der Waals surface area contributed by atoms with Gasteiger partial charge in [0.2, 0.25) is 0 Å². The second-order valence-corrected chi connectivity index (χ2v) is 5.02. The van der Waals surface area contributed by atoms with Crippen LogP contribution in [0.25, 0.3) is 0 Å². The Hall–Kier alpha value is -1.53. The van der Waals surface area contributed by atoms with E-state index in [0.29, 0.717) is 12.3 Å². The minimum Gasteiger partial charge on any atom is -0.392 e. The van der Waals surface area contributed by atoms with Crippen molar-refractivity contribution in [1.29, 1.82) is 5.26 Å². The lowest BCUT2D eigenvalue weighted by Gasteiger charge is -2.26. The number of aliphatic hydroxyl groups is 1. The van der Waals surface area contributed by atoms with Crippen molar-refractivity contribution in [3.63, 3.8) is 0 Å². The van der Waals surface area contributed by atoms with E-state index in [-0.39, 0.29) is 6.61 Å². The normalized spacial score (nSPS) is 10.4. The van der Waals surface area contributed by atoms with E-state index in [0.717, 1.165) is 29.9 Å². The SMILES string of the molecule is Cc1cc(N(CCC#N)CC(C)C)ccc1CO. The summed E-state index contributed by atoms with van der Waals surface area (Å²) in [6.45, 7) is 8.14. The molecule has 98 valence electrons. The van der Waals surface area contributed by atoms with Crippen molar-refractivity contribution in [2.75, 3.05) is 18.0 Å². The van der Waals surface area contributed by atoms with Gasteiger partial charge in [0.05, 0.1) is 19.1 Å². The third-order valence-electron chi connectivity index (χ3n) is 2.94. The van der Waals surface area contributed by atoms with Crippen LogP contribution in [0.15, 0.2) is 18.2 Å². The maximum absolute atomic E-state index is 9.18. The summed E-state index contributed by atoms with van der Waals surface area (Å²) in [7, 11) is 0. The molecule has 0 bridgehead atoms. The van der Waals surface area contributed by atoms with E-state index < -0.39 is 0 Å². The van der Waals surface area contributed by atoms with Gasteiger partial charge in [0.25, 0.3) is 0 Å². The molecule has 1 aromatic carbocycles. The fraction of sp³-hybridized carbons (Fsp3) is 0.533. The molecule has 0 heterocycles. The van der Waals surface area contributed by atoms with Crippen molar-refractivity contribution in [2.45, 2.75) is 33.8 Å². The van der Waals surface area contributed by atoms with Crippen LogP contribution in [0.4, 0.5) is 5.69 Å². The molecule has 0 spiro atoms. The summed E-state index contributed by atoms with van der Waals surface area (Å²) in [4.78, 5) is 2.24. The summed E-state index contributed by atoms with van der Waals surface area (Å²) >= 11 is 0. The number of benzene rings is 1. The Labute approximate surface area is 110 Å². The summed E-state index contributed by atoms with van der Waals surface area (Å²) < 4.78 is 0. The van der Waals surface area contributed by atoms with Crippen molar-refractivity contribution < 1.29 is 5.11 Å². The first kappa shape index (κ1) is 14.5. The lowest BCUT2D eigenvalue weighted by atomic mass is 10.1. The van der Waals surface area contributed by atoms with Crippen LogP contribution < -0.4 is 4.90 Å². The standard InChI is InChI=1S/C15H22N2O/c1-12(2)10-17(8-4-7-16)15-6-5-14(11-18)13(3)9-15/h5-6,9,12,18H,4,8,10-11H2,1-3H3. The van der Waals surface area contributed by atoms with Crippen molar-refractivity contribution in [3.8, 4) is 6.07 Å². The van der Waals surface area contributed by atoms with Gasteiger partial charge >= 0.3 is 0 Å². The zero-order chi connectivity index (χ0) is 13.5. The predicted molar refractivity (Wildman–Crippen MR) is 74.4 cm³/mol. The summed E-state index contributed by atoms with van der Waals surface area (Å²) in [6.07, 6.45) is 0.535. The lowest BCUT2D eigenvalue weighted by molar-refractivity contribution is 0.281. The smallest absolute Gasteiger partial charge is 0.0684 e. The molecule has 18 heavy (non-hydrogen) atoms. The minimum atomic E-state index is 0.0779. The van der Waals surface area contributed by atoms with Gasteiger partial charge in [-0.25, -0.2) is 0 Å². The zero-order valence-electron chi connectivity index (χ0n) is 11.5. The molecule has 3 heteroatoms. The maximum atomic E-state index is 9.18. The number of aliphatic hydroxyl groups excluding tert-OH is 1. The van der Waals surface area contributed by atoms with Crippen LogP contribution in [0, 0.1) is 24.2 Å². The second-order valence-electron chi connectivity index (χ2n) is 5.02. The van der Waals surface area contributed by atoms with Crippen molar-refractivity contribution >= 4 is 5.69 Å². The molecule has 1 N–H and O–H groups in total. The van der Waals surface area contributed by atoms with Crippen LogP contribution in [0.1, 0.15) is 31.4 Å². The van der Waals surface area contributed by atoms with Crippen LogP contribution in [-0.2, 0) is 6.61 Å². The fourth-order valence-electron chi connectivity index (χ4n) is 2.01. The number of aryl methyl sites for hydroxylation is 1. The molecule has 1 rings (SSSR count). The number of nitriles is 1. The molecule has 0 aliphatic carbocycles. The van der Waals surface area contributed by atoms with E-state index >= 15 is 0 Å². The minimum absolute atomic E-state index is 0.0779. The number of nitrogens with zero attached hydrogens (tertiary/aromatic N) is 2. The molecular formula is C15H22N2O. The molecule has 0 saturated heterocycles. The third-order valence-corrected chi connectivity index (χ3v) is 2.94. The van der Waals surface area contributed by atoms with Gasteiger partial charge in [0.1, 0.15) is 0 Å². The van der Waals surface area contributed by atoms with Gasteiger partial charge in [-0.05, 0) is 36.1 Å². The van der Waals surface area contributed by atoms with Gasteiger partial charge < -0.3 is 10.0 Å². The molecule has 0 aromatic heterocycles. The van der Waals surface area contributed by atoms with Gasteiger partial charge in [-0.3, -0.25) is 0 Å². The highest BCUT2D eigenvalue weighted by Gasteiger charge is 2.09. The molecule has 1 aromatic rings. The van der Waals surface area contributed by atoms with Crippen LogP contribution in [0.2, 0.25) is 0 Å². The number of anilines is 1. The Morgan fingerprint density at radius 2 is 2.11 bits per heavy atom. The molecule has 0 aliphatic rings. The molecule has 0 saturated carbocycles. The highest BCUT2D eigenvalue weighted by Crippen LogP contribution is 2.20. The highest BCUT2D eigenvalue weighted by atomic mass is 16.3. The molecule has 0 atom stereocenters. The Kier molecular flexibility index (Phi) is 5.67. The van der Waals surface area contributed by atoms with Gasteiger partial charge in [-0.1, -0.05) is 19.9 Å². The van der Waals surface area contributed by atoms with E-state index in [1.807, 2.05) is 19.1 Å². The molecular weight excluding hydrogens is 224 g/mol. The van der Waals surface area contributed by atoms with E-state index in [9.17, 15) is 5.11 Å². The largest absolute Gasteiger partial charge is 0.392 e. The Morgan fingerprint density at radius 3 is 2.61 bits per heavy atom. The predicted octanol–water partition coefficient (Wildman–Crippen LogP) is 2.86. The van der Waals surface area contributed by atoms with Gasteiger partial charge in [0, 0.05) is 18.8 Å². The van der Waals surface area contributed by atoms with Crippen LogP contribution >= 0.6 is 0 Å². The first-order chi connectivity index (χ1) is 8.58. The van der Waals surface area contributed by atoms with Crippen molar-refractivity contribution in [2.24, 2.45) is 5.92 Å². The van der Waals surface area contributed by atoms with Gasteiger partial charge in [-0.15, -0.1) is 0 Å². The molecule has 0 fully saturated rings. The Morgan fingerprint density at radius 1 is 1.39 bits per heavy atom. The number of hydrogen-bond acceptors (Lipinski definition) is 3. The number of rotatable bonds is 6. The topological polar surface area (TPSA) is 47.3 Å². The van der Waals surface area contributed by atoms with E-state index in [1.54, 1.807) is 0 Å². The van der Waals surface area contributed by atoms with E-state index in [2.05, 4.69) is 30.9 Å². The summed E-state index contributed by atoms with van der Waals surface area (Å²) in [5, 5.41) is 17.9. The quantitative estimate of drug-likeness (QED) is 0.839. The Bertz CT molecular complexity index is 421. The monoisotopic (exact) mass is 246 g/mol. The van der Waals surface area contributed by atoms with Crippen LogP contribution in [0.5, 0.6) is 0 Å². The fourth-order valence-corrected chi connectivity index (χ4v) is 2.01.